The lowest BCUT2D eigenvalue weighted by Crippen LogP contribution is -2.15. The highest BCUT2D eigenvalue weighted by Crippen LogP contribution is 2.26. The van der Waals surface area contributed by atoms with E-state index in [2.05, 4.69) is 6.58 Å². The molecule has 0 aromatic heterocycles. The van der Waals surface area contributed by atoms with Crippen LogP contribution in [-0.2, 0) is 4.79 Å². The summed E-state index contributed by atoms with van der Waals surface area (Å²) in [5, 5.41) is 0. The monoisotopic (exact) mass is 448 g/mol. The number of ether oxygens (including phenoxy) is 5. The molecule has 0 N–H and O–H groups in total. The maximum atomic E-state index is 12.7. The van der Waals surface area contributed by atoms with Crippen LogP contribution in [0.1, 0.15) is 20.7 Å². The number of rotatable bonds is 8. The zero-order valence-electron chi connectivity index (χ0n) is 17.9. The molecule has 0 saturated carbocycles. The maximum Gasteiger partial charge on any atom is 0.347 e. The molecule has 33 heavy (non-hydrogen) atoms. The third-order valence-electron chi connectivity index (χ3n) is 4.35. The van der Waals surface area contributed by atoms with E-state index in [-0.39, 0.29) is 28.4 Å². The molecule has 0 atom stereocenters. The fourth-order valence-corrected chi connectivity index (χ4v) is 2.67. The van der Waals surface area contributed by atoms with Gasteiger partial charge in [0.2, 0.25) is 0 Å². The van der Waals surface area contributed by atoms with E-state index >= 15 is 0 Å². The van der Waals surface area contributed by atoms with Crippen LogP contribution in [0.25, 0.3) is 0 Å². The number of carbonyl (C=O) groups is 3. The van der Waals surface area contributed by atoms with Gasteiger partial charge < -0.3 is 23.7 Å². The Balaban J connectivity index is 1.83. The number of esters is 3. The second-order valence-electron chi connectivity index (χ2n) is 6.47. The first-order chi connectivity index (χ1) is 15.9. The second kappa shape index (κ2) is 10.6. The van der Waals surface area contributed by atoms with Crippen molar-refractivity contribution < 1.29 is 38.1 Å². The summed E-state index contributed by atoms with van der Waals surface area (Å²) in [5.74, 6) is -0.758. The Morgan fingerprint density at radius 1 is 0.667 bits per heavy atom. The highest BCUT2D eigenvalue weighted by atomic mass is 16.6. The first-order valence-electron chi connectivity index (χ1n) is 9.64. The van der Waals surface area contributed by atoms with Gasteiger partial charge in [-0.15, -0.1) is 0 Å². The molecular formula is C25H20O8. The van der Waals surface area contributed by atoms with Gasteiger partial charge in [-0.1, -0.05) is 6.58 Å². The van der Waals surface area contributed by atoms with Gasteiger partial charge in [0.25, 0.3) is 0 Å². The molecule has 0 aliphatic heterocycles. The molecule has 168 valence electrons. The van der Waals surface area contributed by atoms with Crippen LogP contribution >= 0.6 is 0 Å². The zero-order valence-corrected chi connectivity index (χ0v) is 17.9. The van der Waals surface area contributed by atoms with Crippen molar-refractivity contribution in [2.24, 2.45) is 0 Å². The minimum absolute atomic E-state index is 0.0543. The number of hydrogen-bond acceptors (Lipinski definition) is 8. The first-order valence-corrected chi connectivity index (χ1v) is 9.64. The normalized spacial score (nSPS) is 10.0. The van der Waals surface area contributed by atoms with Crippen LogP contribution < -0.4 is 23.7 Å². The molecule has 0 heterocycles. The SMILES string of the molecule is C=CC(=O)Oc1cc(C(=O)Oc2ccc(OC)cc2)ccc1C(=O)Oc1ccc(OC)cc1. The van der Waals surface area contributed by atoms with Crippen LogP contribution in [0.3, 0.4) is 0 Å². The Labute approximate surface area is 189 Å². The molecule has 0 aliphatic carbocycles. The van der Waals surface area contributed by atoms with Crippen molar-refractivity contribution in [2.75, 3.05) is 14.2 Å². The average molecular weight is 448 g/mol. The Hall–Kier alpha value is -4.59. The van der Waals surface area contributed by atoms with Crippen molar-refractivity contribution >= 4 is 17.9 Å². The summed E-state index contributed by atoms with van der Waals surface area (Å²) in [5.41, 5.74) is -0.0132. The van der Waals surface area contributed by atoms with Crippen molar-refractivity contribution in [2.45, 2.75) is 0 Å². The maximum absolute atomic E-state index is 12.7. The lowest BCUT2D eigenvalue weighted by atomic mass is 10.1. The molecule has 0 bridgehead atoms. The summed E-state index contributed by atoms with van der Waals surface area (Å²) in [6, 6.07) is 16.6. The molecule has 0 aliphatic rings. The molecular weight excluding hydrogens is 428 g/mol. The van der Waals surface area contributed by atoms with Gasteiger partial charge in [-0.05, 0) is 66.7 Å². The summed E-state index contributed by atoms with van der Waals surface area (Å²) in [4.78, 5) is 37.0. The van der Waals surface area contributed by atoms with Gasteiger partial charge in [-0.25, -0.2) is 14.4 Å². The molecule has 0 spiro atoms. The minimum Gasteiger partial charge on any atom is -0.497 e. The van der Waals surface area contributed by atoms with Crippen molar-refractivity contribution in [1.29, 1.82) is 0 Å². The molecule has 8 heteroatoms. The number of carbonyl (C=O) groups excluding carboxylic acids is 3. The van der Waals surface area contributed by atoms with Gasteiger partial charge in [-0.2, -0.15) is 0 Å². The Bertz CT molecular complexity index is 1160. The van der Waals surface area contributed by atoms with E-state index in [4.69, 9.17) is 23.7 Å². The smallest absolute Gasteiger partial charge is 0.347 e. The average Bonchev–Trinajstić information content (AvgIpc) is 2.84. The summed E-state index contributed by atoms with van der Waals surface area (Å²) in [6.45, 7) is 3.34. The van der Waals surface area contributed by atoms with Crippen LogP contribution in [0.5, 0.6) is 28.7 Å². The molecule has 0 fully saturated rings. The third-order valence-corrected chi connectivity index (χ3v) is 4.35. The van der Waals surface area contributed by atoms with Crippen molar-refractivity contribution in [3.8, 4) is 28.7 Å². The van der Waals surface area contributed by atoms with E-state index in [0.717, 1.165) is 6.08 Å². The zero-order chi connectivity index (χ0) is 23.8. The summed E-state index contributed by atoms with van der Waals surface area (Å²) in [7, 11) is 3.04. The minimum atomic E-state index is -0.811. The van der Waals surface area contributed by atoms with Crippen molar-refractivity contribution in [3.63, 3.8) is 0 Å². The number of methoxy groups -OCH3 is 2. The van der Waals surface area contributed by atoms with Crippen LogP contribution in [-0.4, -0.2) is 32.1 Å². The molecule has 3 rings (SSSR count). The number of hydrogen-bond donors (Lipinski definition) is 0. The van der Waals surface area contributed by atoms with E-state index in [1.165, 1.54) is 32.4 Å². The molecule has 0 amide bonds. The van der Waals surface area contributed by atoms with Gasteiger partial charge in [0.05, 0.1) is 19.8 Å². The lowest BCUT2D eigenvalue weighted by Gasteiger charge is -2.11. The van der Waals surface area contributed by atoms with Gasteiger partial charge in [0.1, 0.15) is 34.3 Å². The molecule has 3 aromatic rings. The Morgan fingerprint density at radius 2 is 1.15 bits per heavy atom. The summed E-state index contributed by atoms with van der Waals surface area (Å²) in [6.07, 6.45) is 0.931. The van der Waals surface area contributed by atoms with Gasteiger partial charge in [0, 0.05) is 6.08 Å². The fraction of sp³-hybridized carbons (Fsp3) is 0.0800. The number of benzene rings is 3. The first kappa shape index (κ1) is 23.1. The van der Waals surface area contributed by atoms with Gasteiger partial charge in [0.15, 0.2) is 0 Å². The van der Waals surface area contributed by atoms with Crippen LogP contribution in [0, 0.1) is 0 Å². The Morgan fingerprint density at radius 3 is 1.64 bits per heavy atom. The van der Waals surface area contributed by atoms with Crippen molar-refractivity contribution in [1.82, 2.24) is 0 Å². The third kappa shape index (κ3) is 5.98. The summed E-state index contributed by atoms with van der Waals surface area (Å²) >= 11 is 0. The molecule has 8 nitrogen and oxygen atoms in total. The lowest BCUT2D eigenvalue weighted by molar-refractivity contribution is -0.128. The van der Waals surface area contributed by atoms with E-state index in [1.54, 1.807) is 48.5 Å². The van der Waals surface area contributed by atoms with Crippen LogP contribution in [0.4, 0.5) is 0 Å². The molecule has 0 unspecified atom stereocenters. The predicted octanol–water partition coefficient (Wildman–Crippen LogP) is 4.23. The highest BCUT2D eigenvalue weighted by molar-refractivity contribution is 5.98. The summed E-state index contributed by atoms with van der Waals surface area (Å²) < 4.78 is 25.9. The van der Waals surface area contributed by atoms with Gasteiger partial charge >= 0.3 is 17.9 Å². The van der Waals surface area contributed by atoms with E-state index in [1.807, 2.05) is 0 Å². The largest absolute Gasteiger partial charge is 0.497 e. The predicted molar refractivity (Wildman–Crippen MR) is 118 cm³/mol. The standard InChI is InChI=1S/C25H20O8/c1-4-23(26)33-22-15-16(24(27)31-19-10-6-17(29-2)7-11-19)5-14-21(22)25(28)32-20-12-8-18(30-3)9-13-20/h4-15H,1H2,2-3H3. The Kier molecular flexibility index (Phi) is 7.43. The van der Waals surface area contributed by atoms with Crippen LogP contribution in [0.15, 0.2) is 79.4 Å². The molecule has 3 aromatic carbocycles. The molecule has 0 saturated heterocycles. The van der Waals surface area contributed by atoms with E-state index < -0.39 is 17.9 Å². The second-order valence-corrected chi connectivity index (χ2v) is 6.47. The van der Waals surface area contributed by atoms with Gasteiger partial charge in [-0.3, -0.25) is 0 Å². The highest BCUT2D eigenvalue weighted by Gasteiger charge is 2.20. The fourth-order valence-electron chi connectivity index (χ4n) is 2.67. The molecule has 0 radical (unpaired) electrons. The quantitative estimate of drug-likeness (QED) is 0.287. The van der Waals surface area contributed by atoms with Crippen molar-refractivity contribution in [3.05, 3.63) is 90.5 Å². The van der Waals surface area contributed by atoms with E-state index in [0.29, 0.717) is 11.5 Å². The topological polar surface area (TPSA) is 97.4 Å². The van der Waals surface area contributed by atoms with Crippen LogP contribution in [0.2, 0.25) is 0 Å². The van der Waals surface area contributed by atoms with E-state index in [9.17, 15) is 14.4 Å².